The third kappa shape index (κ3) is 3.39. The maximum atomic E-state index is 11.3. The van der Waals surface area contributed by atoms with Crippen molar-refractivity contribution in [2.45, 2.75) is 33.6 Å². The first-order valence-corrected chi connectivity index (χ1v) is 5.90. The van der Waals surface area contributed by atoms with Gasteiger partial charge in [0.1, 0.15) is 5.78 Å². The van der Waals surface area contributed by atoms with Gasteiger partial charge in [-0.2, -0.15) is 0 Å². The zero-order valence-corrected chi connectivity index (χ0v) is 10.2. The number of ketones is 1. The summed E-state index contributed by atoms with van der Waals surface area (Å²) >= 11 is 1.64. The number of aromatic nitrogens is 1. The van der Waals surface area contributed by atoms with Gasteiger partial charge in [-0.25, -0.2) is 4.98 Å². The van der Waals surface area contributed by atoms with Gasteiger partial charge >= 0.3 is 0 Å². The molecule has 1 aromatic heterocycles. The van der Waals surface area contributed by atoms with Crippen molar-refractivity contribution in [1.82, 2.24) is 4.98 Å². The maximum Gasteiger partial charge on any atom is 0.133 e. The van der Waals surface area contributed by atoms with Gasteiger partial charge in [0.05, 0.1) is 10.7 Å². The summed E-state index contributed by atoms with van der Waals surface area (Å²) in [6, 6.07) is 0. The molecule has 0 aliphatic heterocycles. The molecule has 0 radical (unpaired) electrons. The van der Waals surface area contributed by atoms with Crippen LogP contribution in [0.4, 0.5) is 0 Å². The van der Waals surface area contributed by atoms with E-state index >= 15 is 0 Å². The Morgan fingerprint density at radius 1 is 1.53 bits per heavy atom. The molecule has 0 saturated carbocycles. The molecule has 3 nitrogen and oxygen atoms in total. The second kappa shape index (κ2) is 5.37. The van der Waals surface area contributed by atoms with Crippen molar-refractivity contribution < 1.29 is 9.90 Å². The minimum absolute atomic E-state index is 0.0631. The Balaban J connectivity index is 2.69. The zero-order chi connectivity index (χ0) is 11.4. The number of carbonyl (C=O) groups is 1. The van der Waals surface area contributed by atoms with Crippen LogP contribution < -0.4 is 0 Å². The van der Waals surface area contributed by atoms with Crippen molar-refractivity contribution in [2.75, 3.05) is 6.61 Å². The van der Waals surface area contributed by atoms with Gasteiger partial charge in [-0.1, -0.05) is 0 Å². The molecule has 0 aliphatic rings. The van der Waals surface area contributed by atoms with Crippen molar-refractivity contribution in [3.8, 4) is 0 Å². The number of thiazole rings is 1. The highest BCUT2D eigenvalue weighted by molar-refractivity contribution is 7.11. The van der Waals surface area contributed by atoms with Crippen molar-refractivity contribution >= 4 is 17.1 Å². The number of Topliss-reactive ketones (excluding diaryl/α,β-unsaturated/α-hetero) is 1. The van der Waals surface area contributed by atoms with Crippen molar-refractivity contribution in [2.24, 2.45) is 5.92 Å². The van der Waals surface area contributed by atoms with E-state index in [4.69, 9.17) is 5.11 Å². The summed E-state index contributed by atoms with van der Waals surface area (Å²) in [5.41, 5.74) is 1.04. The lowest BCUT2D eigenvalue weighted by atomic mass is 9.98. The molecule has 0 amide bonds. The van der Waals surface area contributed by atoms with Crippen LogP contribution in [0.1, 0.15) is 28.9 Å². The number of aliphatic hydroxyl groups is 1. The Labute approximate surface area is 94.2 Å². The van der Waals surface area contributed by atoms with E-state index in [2.05, 4.69) is 4.98 Å². The number of carbonyl (C=O) groups excluding carboxylic acids is 1. The average molecular weight is 227 g/mol. The summed E-state index contributed by atoms with van der Waals surface area (Å²) < 4.78 is 0. The zero-order valence-electron chi connectivity index (χ0n) is 9.41. The molecule has 1 N–H and O–H groups in total. The highest BCUT2D eigenvalue weighted by Crippen LogP contribution is 2.21. The van der Waals surface area contributed by atoms with Gasteiger partial charge in [0.15, 0.2) is 0 Å². The maximum absolute atomic E-state index is 11.3. The molecule has 84 valence electrons. The predicted octanol–water partition coefficient (Wildman–Crippen LogP) is 1.89. The number of nitrogens with zero attached hydrogens (tertiary/aromatic N) is 1. The molecule has 1 unspecified atom stereocenters. The first-order chi connectivity index (χ1) is 7.04. The number of rotatable bonds is 5. The molecule has 0 bridgehead atoms. The Kier molecular flexibility index (Phi) is 4.42. The number of aryl methyl sites for hydroxylation is 2. The molecule has 1 heterocycles. The number of aliphatic hydroxyl groups excluding tert-OH is 1. The summed E-state index contributed by atoms with van der Waals surface area (Å²) in [6.07, 6.45) is 1.20. The molecule has 1 rings (SSSR count). The Bertz CT molecular complexity index is 327. The van der Waals surface area contributed by atoms with Crippen molar-refractivity contribution in [3.63, 3.8) is 0 Å². The second-order valence-corrected chi connectivity index (χ2v) is 5.06. The molecule has 1 atom stereocenters. The van der Waals surface area contributed by atoms with Crippen molar-refractivity contribution in [1.29, 1.82) is 0 Å². The third-order valence-corrected chi connectivity index (χ3v) is 3.64. The Morgan fingerprint density at radius 3 is 2.60 bits per heavy atom. The lowest BCUT2D eigenvalue weighted by molar-refractivity contribution is -0.121. The first kappa shape index (κ1) is 12.3. The minimum atomic E-state index is -0.0834. The van der Waals surface area contributed by atoms with E-state index in [1.54, 1.807) is 18.3 Å². The van der Waals surface area contributed by atoms with E-state index in [1.165, 1.54) is 4.88 Å². The minimum Gasteiger partial charge on any atom is -0.396 e. The van der Waals surface area contributed by atoms with Gasteiger partial charge in [-0.3, -0.25) is 4.79 Å². The fraction of sp³-hybridized carbons (Fsp3) is 0.636. The van der Waals surface area contributed by atoms with Crippen LogP contribution in [0.15, 0.2) is 0 Å². The van der Waals surface area contributed by atoms with Crippen LogP contribution in [0, 0.1) is 19.8 Å². The molecule has 0 saturated heterocycles. The molecule has 15 heavy (non-hydrogen) atoms. The lowest BCUT2D eigenvalue weighted by Gasteiger charge is -2.09. The molecule has 0 aromatic carbocycles. The second-order valence-electron chi connectivity index (χ2n) is 3.77. The van der Waals surface area contributed by atoms with Gasteiger partial charge in [-0.05, 0) is 27.2 Å². The highest BCUT2D eigenvalue weighted by Gasteiger charge is 2.16. The number of hydrogen-bond acceptors (Lipinski definition) is 4. The molecular weight excluding hydrogens is 210 g/mol. The van der Waals surface area contributed by atoms with Gasteiger partial charge < -0.3 is 5.11 Å². The highest BCUT2D eigenvalue weighted by atomic mass is 32.1. The molecular formula is C11H17NO2S. The lowest BCUT2D eigenvalue weighted by Crippen LogP contribution is -2.15. The van der Waals surface area contributed by atoms with Crippen LogP contribution >= 0.6 is 11.3 Å². The van der Waals surface area contributed by atoms with Gasteiger partial charge in [0.2, 0.25) is 0 Å². The van der Waals surface area contributed by atoms with E-state index in [0.717, 1.165) is 10.7 Å². The van der Waals surface area contributed by atoms with Crippen LogP contribution in [0.25, 0.3) is 0 Å². The summed E-state index contributed by atoms with van der Waals surface area (Å²) in [7, 11) is 0. The monoisotopic (exact) mass is 227 g/mol. The van der Waals surface area contributed by atoms with Crippen LogP contribution in [0.5, 0.6) is 0 Å². The summed E-state index contributed by atoms with van der Waals surface area (Å²) in [5, 5.41) is 9.85. The van der Waals surface area contributed by atoms with Crippen LogP contribution in [-0.4, -0.2) is 22.5 Å². The molecule has 4 heteroatoms. The fourth-order valence-corrected chi connectivity index (χ4v) is 2.46. The van der Waals surface area contributed by atoms with Gasteiger partial charge in [0.25, 0.3) is 0 Å². The molecule has 1 aromatic rings. The van der Waals surface area contributed by atoms with E-state index in [-0.39, 0.29) is 18.3 Å². The first-order valence-electron chi connectivity index (χ1n) is 5.08. The normalized spacial score (nSPS) is 12.8. The van der Waals surface area contributed by atoms with E-state index < -0.39 is 0 Å². The smallest absolute Gasteiger partial charge is 0.133 e. The standard InChI is InChI=1S/C11H17NO2S/c1-7-9(3)15-11(12-7)6-10(4-5-13)8(2)14/h10,13H,4-6H2,1-3H3. The Morgan fingerprint density at radius 2 is 2.20 bits per heavy atom. The molecule has 0 spiro atoms. The topological polar surface area (TPSA) is 50.2 Å². The van der Waals surface area contributed by atoms with Gasteiger partial charge in [-0.15, -0.1) is 11.3 Å². The largest absolute Gasteiger partial charge is 0.396 e. The van der Waals surface area contributed by atoms with Gasteiger partial charge in [0, 0.05) is 23.8 Å². The Hall–Kier alpha value is -0.740. The summed E-state index contributed by atoms with van der Waals surface area (Å²) in [5.74, 6) is 0.0505. The summed E-state index contributed by atoms with van der Waals surface area (Å²) in [4.78, 5) is 16.9. The quantitative estimate of drug-likeness (QED) is 0.835. The van der Waals surface area contributed by atoms with E-state index in [9.17, 15) is 4.79 Å². The molecule has 0 aliphatic carbocycles. The average Bonchev–Trinajstić information content (AvgIpc) is 2.45. The SMILES string of the molecule is CC(=O)C(CCO)Cc1nc(C)c(C)s1. The predicted molar refractivity (Wildman–Crippen MR) is 61.2 cm³/mol. The molecule has 0 fully saturated rings. The van der Waals surface area contributed by atoms with Crippen LogP contribution in [0.2, 0.25) is 0 Å². The third-order valence-electron chi connectivity index (χ3n) is 2.55. The van der Waals surface area contributed by atoms with Crippen LogP contribution in [-0.2, 0) is 11.2 Å². The van der Waals surface area contributed by atoms with Crippen LogP contribution in [0.3, 0.4) is 0 Å². The van der Waals surface area contributed by atoms with E-state index in [0.29, 0.717) is 12.8 Å². The number of hydrogen-bond donors (Lipinski definition) is 1. The fourth-order valence-electron chi connectivity index (χ4n) is 1.44. The summed E-state index contributed by atoms with van der Waals surface area (Å²) in [6.45, 7) is 5.65. The van der Waals surface area contributed by atoms with Crippen molar-refractivity contribution in [3.05, 3.63) is 15.6 Å². The van der Waals surface area contributed by atoms with E-state index in [1.807, 2.05) is 13.8 Å².